The molecule has 0 heterocycles. The van der Waals surface area contributed by atoms with Gasteiger partial charge in [-0.1, -0.05) is 90.5 Å². The zero-order valence-corrected chi connectivity index (χ0v) is 19.8. The van der Waals surface area contributed by atoms with Gasteiger partial charge < -0.3 is 4.74 Å². The maximum Gasteiger partial charge on any atom is 0.343 e. The molecule has 0 saturated heterocycles. The first-order chi connectivity index (χ1) is 17.6. The van der Waals surface area contributed by atoms with Gasteiger partial charge in [-0.3, -0.25) is 4.79 Å². The van der Waals surface area contributed by atoms with E-state index in [4.69, 9.17) is 4.74 Å². The summed E-state index contributed by atoms with van der Waals surface area (Å²) in [5.41, 5.74) is 5.60. The van der Waals surface area contributed by atoms with E-state index in [0.29, 0.717) is 16.9 Å². The molecule has 1 N–H and O–H groups in total. The number of fused-ring (bicyclic) bond motifs is 2. The SMILES string of the molecule is Cc1cccc(C(=O)Oc2ccc3ccccc3c2/C=N\NC(=O)Cc2cccc3ccccc23)c1. The lowest BCUT2D eigenvalue weighted by Crippen LogP contribution is -2.20. The van der Waals surface area contributed by atoms with E-state index in [1.165, 1.54) is 6.21 Å². The minimum absolute atomic E-state index is 0.198. The fraction of sp³-hybridized carbons (Fsp3) is 0.0645. The molecule has 0 aliphatic heterocycles. The van der Waals surface area contributed by atoms with Gasteiger partial charge in [0, 0.05) is 5.56 Å². The number of hydrogen-bond donors (Lipinski definition) is 1. The number of carbonyl (C=O) groups is 2. The molecular weight excluding hydrogens is 448 g/mol. The predicted octanol–water partition coefficient (Wildman–Crippen LogP) is 6.21. The Morgan fingerprint density at radius 3 is 2.31 bits per heavy atom. The van der Waals surface area contributed by atoms with Crippen molar-refractivity contribution in [3.8, 4) is 5.75 Å². The number of amides is 1. The maximum atomic E-state index is 12.8. The lowest BCUT2D eigenvalue weighted by Gasteiger charge is -2.11. The summed E-state index contributed by atoms with van der Waals surface area (Å²) >= 11 is 0. The maximum absolute atomic E-state index is 12.8. The molecule has 5 aromatic rings. The van der Waals surface area contributed by atoms with E-state index in [1.807, 2.05) is 91.9 Å². The standard InChI is InChI=1S/C31H24N2O3/c1-21-8-6-13-25(18-21)31(35)36-29-17-16-23-10-3-5-15-27(23)28(29)20-32-33-30(34)19-24-12-7-11-22-9-2-4-14-26(22)24/h2-18,20H,19H2,1H3,(H,33,34)/b32-20-. The highest BCUT2D eigenvalue weighted by atomic mass is 16.5. The van der Waals surface area contributed by atoms with Crippen LogP contribution in [0.15, 0.2) is 108 Å². The van der Waals surface area contributed by atoms with Crippen molar-refractivity contribution in [3.05, 3.63) is 125 Å². The van der Waals surface area contributed by atoms with Crippen LogP contribution in [0.2, 0.25) is 0 Å². The molecule has 0 aromatic heterocycles. The number of rotatable bonds is 6. The van der Waals surface area contributed by atoms with Crippen LogP contribution in [-0.4, -0.2) is 18.1 Å². The van der Waals surface area contributed by atoms with Gasteiger partial charge in [-0.2, -0.15) is 5.10 Å². The van der Waals surface area contributed by atoms with E-state index >= 15 is 0 Å². The van der Waals surface area contributed by atoms with Crippen LogP contribution in [0, 0.1) is 6.92 Å². The molecule has 0 saturated carbocycles. The molecule has 0 atom stereocenters. The van der Waals surface area contributed by atoms with Crippen LogP contribution >= 0.6 is 0 Å². The minimum Gasteiger partial charge on any atom is -0.422 e. The summed E-state index contributed by atoms with van der Waals surface area (Å²) in [6, 6.07) is 32.5. The predicted molar refractivity (Wildman–Crippen MR) is 143 cm³/mol. The summed E-state index contributed by atoms with van der Waals surface area (Å²) in [4.78, 5) is 25.5. The van der Waals surface area contributed by atoms with Crippen molar-refractivity contribution in [2.24, 2.45) is 5.10 Å². The molecule has 1 amide bonds. The quantitative estimate of drug-likeness (QED) is 0.138. The number of aryl methyl sites for hydroxylation is 1. The minimum atomic E-state index is -0.455. The summed E-state index contributed by atoms with van der Waals surface area (Å²) in [6.45, 7) is 1.92. The van der Waals surface area contributed by atoms with Gasteiger partial charge in [0.2, 0.25) is 5.91 Å². The summed E-state index contributed by atoms with van der Waals surface area (Å²) in [7, 11) is 0. The molecule has 0 unspecified atom stereocenters. The Morgan fingerprint density at radius 1 is 0.806 bits per heavy atom. The van der Waals surface area contributed by atoms with E-state index in [1.54, 1.807) is 18.2 Å². The average molecular weight is 473 g/mol. The molecule has 0 spiro atoms. The van der Waals surface area contributed by atoms with Gasteiger partial charge in [0.15, 0.2) is 0 Å². The molecule has 0 radical (unpaired) electrons. The topological polar surface area (TPSA) is 67.8 Å². The van der Waals surface area contributed by atoms with Gasteiger partial charge in [-0.25, -0.2) is 10.2 Å². The number of esters is 1. The van der Waals surface area contributed by atoms with Gasteiger partial charge in [0.25, 0.3) is 0 Å². The second-order valence-corrected chi connectivity index (χ2v) is 8.57. The van der Waals surface area contributed by atoms with Crippen LogP contribution in [0.25, 0.3) is 21.5 Å². The Hall–Kier alpha value is -4.77. The molecule has 0 fully saturated rings. The number of benzene rings is 5. The van der Waals surface area contributed by atoms with Crippen LogP contribution in [0.3, 0.4) is 0 Å². The molecule has 176 valence electrons. The first kappa shape index (κ1) is 23.0. The van der Waals surface area contributed by atoms with Crippen molar-refractivity contribution in [1.29, 1.82) is 0 Å². The largest absolute Gasteiger partial charge is 0.422 e. The first-order valence-corrected chi connectivity index (χ1v) is 11.7. The molecule has 0 bridgehead atoms. The van der Waals surface area contributed by atoms with Crippen molar-refractivity contribution >= 4 is 39.6 Å². The molecule has 36 heavy (non-hydrogen) atoms. The lowest BCUT2D eigenvalue weighted by atomic mass is 10.0. The number of nitrogens with zero attached hydrogens (tertiary/aromatic N) is 1. The summed E-state index contributed by atoms with van der Waals surface area (Å²) in [5, 5.41) is 8.16. The number of ether oxygens (including phenoxy) is 1. The van der Waals surface area contributed by atoms with Crippen LogP contribution in [0.4, 0.5) is 0 Å². The number of nitrogens with one attached hydrogen (secondary N) is 1. The molecule has 0 aliphatic carbocycles. The van der Waals surface area contributed by atoms with Crippen molar-refractivity contribution in [1.82, 2.24) is 5.43 Å². The van der Waals surface area contributed by atoms with E-state index in [0.717, 1.165) is 32.7 Å². The van der Waals surface area contributed by atoms with Gasteiger partial charge in [0.1, 0.15) is 5.75 Å². The van der Waals surface area contributed by atoms with Crippen LogP contribution < -0.4 is 10.2 Å². The first-order valence-electron chi connectivity index (χ1n) is 11.7. The van der Waals surface area contributed by atoms with Gasteiger partial charge in [-0.05, 0) is 52.2 Å². The van der Waals surface area contributed by atoms with Crippen LogP contribution in [0.1, 0.15) is 27.0 Å². The van der Waals surface area contributed by atoms with E-state index < -0.39 is 5.97 Å². The normalized spacial score (nSPS) is 11.1. The van der Waals surface area contributed by atoms with Crippen molar-refractivity contribution < 1.29 is 14.3 Å². The average Bonchev–Trinajstić information content (AvgIpc) is 2.90. The molecule has 5 rings (SSSR count). The third-order valence-electron chi connectivity index (χ3n) is 6.00. The molecule has 5 heteroatoms. The van der Waals surface area contributed by atoms with Crippen LogP contribution in [0.5, 0.6) is 5.75 Å². The Labute approximate surface area is 209 Å². The summed E-state index contributed by atoms with van der Waals surface area (Å²) in [6.07, 6.45) is 1.73. The lowest BCUT2D eigenvalue weighted by molar-refractivity contribution is -0.120. The number of hydrogen-bond acceptors (Lipinski definition) is 4. The smallest absolute Gasteiger partial charge is 0.343 e. The van der Waals surface area contributed by atoms with E-state index in [2.05, 4.69) is 10.5 Å². The fourth-order valence-corrected chi connectivity index (χ4v) is 4.26. The summed E-state index contributed by atoms with van der Waals surface area (Å²) in [5.74, 6) is -0.322. The Bertz CT molecular complexity index is 1620. The highest BCUT2D eigenvalue weighted by Gasteiger charge is 2.14. The summed E-state index contributed by atoms with van der Waals surface area (Å²) < 4.78 is 5.75. The number of hydrazone groups is 1. The Balaban J connectivity index is 1.38. The second-order valence-electron chi connectivity index (χ2n) is 8.57. The zero-order chi connectivity index (χ0) is 24.9. The monoisotopic (exact) mass is 472 g/mol. The fourth-order valence-electron chi connectivity index (χ4n) is 4.26. The Kier molecular flexibility index (Phi) is 6.54. The molecule has 5 nitrogen and oxygen atoms in total. The van der Waals surface area contributed by atoms with Gasteiger partial charge in [-0.15, -0.1) is 0 Å². The zero-order valence-electron chi connectivity index (χ0n) is 19.8. The van der Waals surface area contributed by atoms with Crippen molar-refractivity contribution in [3.63, 3.8) is 0 Å². The molecule has 5 aromatic carbocycles. The van der Waals surface area contributed by atoms with Crippen molar-refractivity contribution in [2.45, 2.75) is 13.3 Å². The molecule has 0 aliphatic rings. The van der Waals surface area contributed by atoms with Gasteiger partial charge >= 0.3 is 5.97 Å². The second kappa shape index (κ2) is 10.2. The van der Waals surface area contributed by atoms with E-state index in [-0.39, 0.29) is 12.3 Å². The third kappa shape index (κ3) is 5.00. The van der Waals surface area contributed by atoms with E-state index in [9.17, 15) is 9.59 Å². The highest BCUT2D eigenvalue weighted by Crippen LogP contribution is 2.27. The van der Waals surface area contributed by atoms with Crippen LogP contribution in [-0.2, 0) is 11.2 Å². The molecular formula is C31H24N2O3. The Morgan fingerprint density at radius 2 is 1.50 bits per heavy atom. The number of carbonyl (C=O) groups excluding carboxylic acids is 2. The highest BCUT2D eigenvalue weighted by molar-refractivity contribution is 6.04. The third-order valence-corrected chi connectivity index (χ3v) is 6.00. The van der Waals surface area contributed by atoms with Crippen molar-refractivity contribution in [2.75, 3.05) is 0 Å². The van der Waals surface area contributed by atoms with Gasteiger partial charge in [0.05, 0.1) is 18.2 Å².